The lowest BCUT2D eigenvalue weighted by Crippen LogP contribution is -2.51. The highest BCUT2D eigenvalue weighted by Gasteiger charge is 2.32. The Morgan fingerprint density at radius 1 is 0.846 bits per heavy atom. The molecule has 0 unspecified atom stereocenters. The van der Waals surface area contributed by atoms with E-state index in [0.29, 0.717) is 12.1 Å². The first-order valence-corrected chi connectivity index (χ1v) is 14.0. The summed E-state index contributed by atoms with van der Waals surface area (Å²) in [4.78, 5) is 27.9. The van der Waals surface area contributed by atoms with Crippen LogP contribution in [0, 0.1) is 24.5 Å². The number of sulfonamides is 1. The number of halogens is 2. The topological polar surface area (TPSA) is 86.8 Å². The molecule has 208 valence electrons. The molecule has 0 aliphatic heterocycles. The van der Waals surface area contributed by atoms with Crippen molar-refractivity contribution in [2.75, 3.05) is 17.4 Å². The molecule has 0 fully saturated rings. The first-order valence-electron chi connectivity index (χ1n) is 12.5. The van der Waals surface area contributed by atoms with E-state index in [9.17, 15) is 26.8 Å². The zero-order valence-corrected chi connectivity index (χ0v) is 23.2. The van der Waals surface area contributed by atoms with Gasteiger partial charge in [0, 0.05) is 13.1 Å². The molecule has 0 spiro atoms. The summed E-state index contributed by atoms with van der Waals surface area (Å²) in [6, 6.07) is 15.4. The summed E-state index contributed by atoms with van der Waals surface area (Å²) in [7, 11) is -4.24. The van der Waals surface area contributed by atoms with Gasteiger partial charge in [-0.2, -0.15) is 0 Å². The fourth-order valence-electron chi connectivity index (χ4n) is 3.80. The van der Waals surface area contributed by atoms with Gasteiger partial charge in [-0.05, 0) is 73.9 Å². The molecule has 7 nitrogen and oxygen atoms in total. The van der Waals surface area contributed by atoms with E-state index in [2.05, 4.69) is 5.32 Å². The van der Waals surface area contributed by atoms with Gasteiger partial charge in [-0.15, -0.1) is 0 Å². The van der Waals surface area contributed by atoms with Crippen molar-refractivity contribution in [1.29, 1.82) is 0 Å². The van der Waals surface area contributed by atoms with E-state index in [1.54, 1.807) is 19.1 Å². The van der Waals surface area contributed by atoms with Gasteiger partial charge in [-0.25, -0.2) is 17.2 Å². The number of carbonyl (C=O) groups excluding carboxylic acids is 2. The molecule has 0 aliphatic carbocycles. The number of nitrogens with zero attached hydrogens (tertiary/aromatic N) is 2. The Morgan fingerprint density at radius 3 is 1.92 bits per heavy atom. The number of rotatable bonds is 11. The summed E-state index contributed by atoms with van der Waals surface area (Å²) in [6.45, 7) is 6.92. The monoisotopic (exact) mass is 557 g/mol. The van der Waals surface area contributed by atoms with Gasteiger partial charge in [-0.3, -0.25) is 13.9 Å². The number of hydrogen-bond donors (Lipinski definition) is 1. The van der Waals surface area contributed by atoms with Crippen molar-refractivity contribution in [3.63, 3.8) is 0 Å². The molecule has 0 saturated heterocycles. The first-order chi connectivity index (χ1) is 18.4. The molecule has 0 bridgehead atoms. The van der Waals surface area contributed by atoms with E-state index in [0.717, 1.165) is 22.0 Å². The second kappa shape index (κ2) is 12.8. The molecule has 39 heavy (non-hydrogen) atoms. The Bertz CT molecular complexity index is 1380. The minimum atomic E-state index is -4.24. The zero-order valence-electron chi connectivity index (χ0n) is 22.4. The van der Waals surface area contributed by atoms with Crippen LogP contribution in [0.15, 0.2) is 77.7 Å². The SMILES string of the molecule is Cc1ccc(S(=O)(=O)N(CC(=O)N(Cc2ccc(F)cc2)[C@@H](C)C(=O)NCC(C)C)c2ccc(F)cc2)cc1. The Hall–Kier alpha value is -3.79. The number of hydrogen-bond acceptors (Lipinski definition) is 4. The maximum Gasteiger partial charge on any atom is 0.264 e. The van der Waals surface area contributed by atoms with Crippen LogP contribution < -0.4 is 9.62 Å². The van der Waals surface area contributed by atoms with Crippen molar-refractivity contribution in [3.8, 4) is 0 Å². The molecule has 3 aromatic rings. The second-order valence-electron chi connectivity index (χ2n) is 9.76. The van der Waals surface area contributed by atoms with Crippen molar-refractivity contribution < 1.29 is 26.8 Å². The third-order valence-corrected chi connectivity index (χ3v) is 7.91. The highest BCUT2D eigenvalue weighted by atomic mass is 32.2. The Balaban J connectivity index is 2.00. The smallest absolute Gasteiger partial charge is 0.264 e. The van der Waals surface area contributed by atoms with Gasteiger partial charge >= 0.3 is 0 Å². The van der Waals surface area contributed by atoms with Crippen LogP contribution in [0.25, 0.3) is 0 Å². The molecule has 0 heterocycles. The van der Waals surface area contributed by atoms with Crippen LogP contribution in [-0.4, -0.2) is 44.3 Å². The van der Waals surface area contributed by atoms with Crippen LogP contribution in [0.5, 0.6) is 0 Å². The molecule has 0 radical (unpaired) electrons. The lowest BCUT2D eigenvalue weighted by Gasteiger charge is -2.32. The van der Waals surface area contributed by atoms with Crippen molar-refractivity contribution in [3.05, 3.63) is 95.6 Å². The number of carbonyl (C=O) groups is 2. The fraction of sp³-hybridized carbons (Fsp3) is 0.310. The lowest BCUT2D eigenvalue weighted by molar-refractivity contribution is -0.139. The van der Waals surface area contributed by atoms with Crippen molar-refractivity contribution in [2.45, 2.75) is 45.2 Å². The normalized spacial score (nSPS) is 12.2. The molecule has 2 amide bonds. The van der Waals surface area contributed by atoms with Crippen LogP contribution >= 0.6 is 0 Å². The standard InChI is InChI=1S/C29H33F2N3O4S/c1-20(2)17-32-29(36)22(4)33(18-23-7-9-24(30)10-8-23)28(35)19-34(26-13-11-25(31)12-14-26)39(37,38)27-15-5-21(3)6-16-27/h5-16,20,22H,17-19H2,1-4H3,(H,32,36)/t22-/m0/s1. The first kappa shape index (κ1) is 29.8. The zero-order chi connectivity index (χ0) is 28.7. The van der Waals surface area contributed by atoms with Gasteiger partial charge in [0.25, 0.3) is 10.0 Å². The molecule has 3 aromatic carbocycles. The predicted octanol–water partition coefficient (Wildman–Crippen LogP) is 4.66. The second-order valence-corrected chi connectivity index (χ2v) is 11.6. The lowest BCUT2D eigenvalue weighted by atomic mass is 10.1. The molecule has 0 saturated carbocycles. The average Bonchev–Trinajstić information content (AvgIpc) is 2.90. The molecular weight excluding hydrogens is 524 g/mol. The van der Waals surface area contributed by atoms with E-state index < -0.39 is 46.1 Å². The summed E-state index contributed by atoms with van der Waals surface area (Å²) in [5.41, 5.74) is 1.50. The van der Waals surface area contributed by atoms with Crippen LogP contribution in [0.2, 0.25) is 0 Å². The van der Waals surface area contributed by atoms with Gasteiger partial charge in [0.1, 0.15) is 24.2 Å². The van der Waals surface area contributed by atoms with Crippen molar-refractivity contribution in [2.24, 2.45) is 5.92 Å². The Labute approximate surface area is 228 Å². The number of amides is 2. The molecule has 1 N–H and O–H groups in total. The molecule has 3 rings (SSSR count). The maximum atomic E-state index is 13.8. The molecule has 0 aromatic heterocycles. The maximum absolute atomic E-state index is 13.8. The summed E-state index contributed by atoms with van der Waals surface area (Å²) >= 11 is 0. The highest BCUT2D eigenvalue weighted by Crippen LogP contribution is 2.25. The van der Waals surface area contributed by atoms with E-state index in [-0.39, 0.29) is 23.0 Å². The Morgan fingerprint density at radius 2 is 1.38 bits per heavy atom. The van der Waals surface area contributed by atoms with Gasteiger partial charge in [0.15, 0.2) is 0 Å². The number of nitrogens with one attached hydrogen (secondary N) is 1. The summed E-state index contributed by atoms with van der Waals surface area (Å²) in [6.07, 6.45) is 0. The van der Waals surface area contributed by atoms with E-state index >= 15 is 0 Å². The third-order valence-electron chi connectivity index (χ3n) is 6.12. The van der Waals surface area contributed by atoms with Crippen LogP contribution in [0.1, 0.15) is 31.9 Å². The largest absolute Gasteiger partial charge is 0.354 e. The number of benzene rings is 3. The van der Waals surface area contributed by atoms with Gasteiger partial charge in [0.05, 0.1) is 10.6 Å². The molecular formula is C29H33F2N3O4S. The Kier molecular flexibility index (Phi) is 9.80. The van der Waals surface area contributed by atoms with Crippen LogP contribution in [-0.2, 0) is 26.2 Å². The summed E-state index contributed by atoms with van der Waals surface area (Å²) in [5.74, 6) is -1.91. The highest BCUT2D eigenvalue weighted by molar-refractivity contribution is 7.92. The van der Waals surface area contributed by atoms with E-state index in [4.69, 9.17) is 0 Å². The van der Waals surface area contributed by atoms with Crippen LogP contribution in [0.3, 0.4) is 0 Å². The quantitative estimate of drug-likeness (QED) is 0.372. The van der Waals surface area contributed by atoms with Crippen LogP contribution in [0.4, 0.5) is 14.5 Å². The summed E-state index contributed by atoms with van der Waals surface area (Å²) < 4.78 is 55.5. The van der Waals surface area contributed by atoms with E-state index in [1.165, 1.54) is 53.4 Å². The van der Waals surface area contributed by atoms with Gasteiger partial charge < -0.3 is 10.2 Å². The minimum absolute atomic E-state index is 0.0435. The third kappa shape index (κ3) is 7.86. The van der Waals surface area contributed by atoms with E-state index in [1.807, 2.05) is 20.8 Å². The summed E-state index contributed by atoms with van der Waals surface area (Å²) in [5, 5.41) is 2.80. The molecule has 0 aliphatic rings. The van der Waals surface area contributed by atoms with Gasteiger partial charge in [0.2, 0.25) is 11.8 Å². The molecule has 1 atom stereocenters. The number of anilines is 1. The predicted molar refractivity (Wildman–Crippen MR) is 146 cm³/mol. The minimum Gasteiger partial charge on any atom is -0.354 e. The van der Waals surface area contributed by atoms with Crippen molar-refractivity contribution >= 4 is 27.5 Å². The van der Waals surface area contributed by atoms with Crippen molar-refractivity contribution in [1.82, 2.24) is 10.2 Å². The molecule has 10 heteroatoms. The fourth-order valence-corrected chi connectivity index (χ4v) is 5.21. The average molecular weight is 558 g/mol. The number of aryl methyl sites for hydroxylation is 1. The van der Waals surface area contributed by atoms with Gasteiger partial charge in [-0.1, -0.05) is 43.7 Å².